The first-order valence-corrected chi connectivity index (χ1v) is 7.58. The molecule has 0 aromatic heterocycles. The Hall–Kier alpha value is 0.230. The zero-order valence-electron chi connectivity index (χ0n) is 10.4. The van der Waals surface area contributed by atoms with E-state index in [1.165, 1.54) is 31.0 Å². The van der Waals surface area contributed by atoms with E-state index in [0.717, 1.165) is 19.1 Å². The molecule has 0 bridgehead atoms. The lowest BCUT2D eigenvalue weighted by Gasteiger charge is -2.36. The van der Waals surface area contributed by atoms with Crippen molar-refractivity contribution in [2.75, 3.05) is 37.7 Å². The summed E-state index contributed by atoms with van der Waals surface area (Å²) < 4.78 is 5.75. The molecule has 0 aromatic carbocycles. The third kappa shape index (κ3) is 3.91. The molecule has 0 aliphatic carbocycles. The molecule has 1 N–H and O–H groups in total. The van der Waals surface area contributed by atoms with Crippen LogP contribution in [0.1, 0.15) is 20.3 Å². The number of hydrogen-bond acceptors (Lipinski definition) is 4. The van der Waals surface area contributed by atoms with Crippen LogP contribution in [0.25, 0.3) is 0 Å². The number of hydrogen-bond donors (Lipinski definition) is 1. The van der Waals surface area contributed by atoms with E-state index in [9.17, 15) is 0 Å². The Morgan fingerprint density at radius 3 is 2.69 bits per heavy atom. The summed E-state index contributed by atoms with van der Waals surface area (Å²) in [6, 6.07) is 0.729. The second-order valence-corrected chi connectivity index (χ2v) is 6.18. The lowest BCUT2D eigenvalue weighted by Crippen LogP contribution is -2.47. The summed E-state index contributed by atoms with van der Waals surface area (Å²) in [5, 5.41) is 3.60. The van der Waals surface area contributed by atoms with Crippen molar-refractivity contribution in [3.63, 3.8) is 0 Å². The minimum Gasteiger partial charge on any atom is -0.373 e. The first-order chi connectivity index (χ1) is 7.74. The number of ether oxygens (including phenoxy) is 1. The Morgan fingerprint density at radius 2 is 2.06 bits per heavy atom. The van der Waals surface area contributed by atoms with Gasteiger partial charge in [0.15, 0.2) is 0 Å². The second-order valence-electron chi connectivity index (χ2n) is 5.03. The molecular formula is C12H24N2OS. The summed E-state index contributed by atoms with van der Waals surface area (Å²) in [6.07, 6.45) is 2.08. The number of rotatable bonds is 3. The summed E-state index contributed by atoms with van der Waals surface area (Å²) in [5.41, 5.74) is 0. The van der Waals surface area contributed by atoms with Crippen molar-refractivity contribution < 1.29 is 4.74 Å². The van der Waals surface area contributed by atoms with Crippen molar-refractivity contribution in [3.05, 3.63) is 0 Å². The molecule has 2 heterocycles. The van der Waals surface area contributed by atoms with Gasteiger partial charge in [-0.2, -0.15) is 11.8 Å². The molecule has 2 fully saturated rings. The molecule has 0 radical (unpaired) electrons. The van der Waals surface area contributed by atoms with Crippen LogP contribution in [0.4, 0.5) is 0 Å². The maximum absolute atomic E-state index is 5.75. The van der Waals surface area contributed by atoms with Crippen molar-refractivity contribution in [1.82, 2.24) is 10.2 Å². The zero-order chi connectivity index (χ0) is 11.4. The van der Waals surface area contributed by atoms with Crippen LogP contribution in [-0.2, 0) is 4.74 Å². The number of nitrogens with one attached hydrogen (secondary N) is 1. The van der Waals surface area contributed by atoms with Gasteiger partial charge >= 0.3 is 0 Å². The van der Waals surface area contributed by atoms with Crippen LogP contribution in [0.3, 0.4) is 0 Å². The Morgan fingerprint density at radius 1 is 1.31 bits per heavy atom. The fourth-order valence-corrected chi connectivity index (χ4v) is 3.61. The first kappa shape index (κ1) is 12.7. The summed E-state index contributed by atoms with van der Waals surface area (Å²) in [5.74, 6) is 2.57. The van der Waals surface area contributed by atoms with Gasteiger partial charge in [-0.15, -0.1) is 0 Å². The predicted octanol–water partition coefficient (Wildman–Crippen LogP) is 1.19. The lowest BCUT2D eigenvalue weighted by atomic mass is 10.2. The molecule has 0 spiro atoms. The van der Waals surface area contributed by atoms with Crippen molar-refractivity contribution in [1.29, 1.82) is 0 Å². The summed E-state index contributed by atoms with van der Waals surface area (Å²) in [4.78, 5) is 2.56. The molecule has 3 unspecified atom stereocenters. The summed E-state index contributed by atoms with van der Waals surface area (Å²) >= 11 is 2.09. The Labute approximate surface area is 103 Å². The molecule has 3 atom stereocenters. The highest BCUT2D eigenvalue weighted by Gasteiger charge is 2.23. The highest BCUT2D eigenvalue weighted by Crippen LogP contribution is 2.14. The van der Waals surface area contributed by atoms with E-state index in [1.54, 1.807) is 0 Å². The van der Waals surface area contributed by atoms with E-state index < -0.39 is 0 Å². The Balaban J connectivity index is 1.68. The van der Waals surface area contributed by atoms with Crippen LogP contribution in [0.15, 0.2) is 0 Å². The maximum atomic E-state index is 5.75. The summed E-state index contributed by atoms with van der Waals surface area (Å²) in [6.45, 7) is 8.96. The summed E-state index contributed by atoms with van der Waals surface area (Å²) in [7, 11) is 0. The van der Waals surface area contributed by atoms with Gasteiger partial charge in [0.1, 0.15) is 0 Å². The van der Waals surface area contributed by atoms with Gasteiger partial charge in [-0.3, -0.25) is 4.90 Å². The van der Waals surface area contributed by atoms with E-state index in [2.05, 4.69) is 35.8 Å². The van der Waals surface area contributed by atoms with E-state index in [4.69, 9.17) is 4.74 Å². The second kappa shape index (κ2) is 6.24. The van der Waals surface area contributed by atoms with Crippen LogP contribution in [-0.4, -0.2) is 60.8 Å². The highest BCUT2D eigenvalue weighted by atomic mass is 32.2. The van der Waals surface area contributed by atoms with E-state index >= 15 is 0 Å². The fourth-order valence-electron chi connectivity index (χ4n) is 2.61. The van der Waals surface area contributed by atoms with Gasteiger partial charge in [-0.25, -0.2) is 0 Å². The molecule has 3 nitrogen and oxygen atoms in total. The molecule has 0 amide bonds. The molecule has 2 aliphatic rings. The molecule has 2 rings (SSSR count). The topological polar surface area (TPSA) is 24.5 Å². The molecule has 2 aliphatic heterocycles. The smallest absolute Gasteiger partial charge is 0.0678 e. The maximum Gasteiger partial charge on any atom is 0.0678 e. The number of thioether (sulfide) groups is 1. The lowest BCUT2D eigenvalue weighted by molar-refractivity contribution is -0.0684. The van der Waals surface area contributed by atoms with Gasteiger partial charge < -0.3 is 10.1 Å². The van der Waals surface area contributed by atoms with Gasteiger partial charge in [0.05, 0.1) is 12.2 Å². The van der Waals surface area contributed by atoms with E-state index in [0.29, 0.717) is 12.2 Å². The quantitative estimate of drug-likeness (QED) is 0.806. The van der Waals surface area contributed by atoms with E-state index in [1.807, 2.05) is 0 Å². The van der Waals surface area contributed by atoms with Gasteiger partial charge in [0, 0.05) is 37.2 Å². The minimum absolute atomic E-state index is 0.400. The van der Waals surface area contributed by atoms with Crippen LogP contribution < -0.4 is 5.32 Å². The average Bonchev–Trinajstić information content (AvgIpc) is 2.27. The molecule has 2 saturated heterocycles. The zero-order valence-corrected chi connectivity index (χ0v) is 11.3. The largest absolute Gasteiger partial charge is 0.373 e. The molecule has 0 aromatic rings. The monoisotopic (exact) mass is 244 g/mol. The van der Waals surface area contributed by atoms with Crippen LogP contribution >= 0.6 is 11.8 Å². The van der Waals surface area contributed by atoms with Crippen molar-refractivity contribution in [3.8, 4) is 0 Å². The third-order valence-corrected chi connectivity index (χ3v) is 4.42. The van der Waals surface area contributed by atoms with Crippen LogP contribution in [0.5, 0.6) is 0 Å². The van der Waals surface area contributed by atoms with Crippen molar-refractivity contribution in [2.24, 2.45) is 0 Å². The van der Waals surface area contributed by atoms with Gasteiger partial charge in [-0.1, -0.05) is 0 Å². The van der Waals surface area contributed by atoms with Crippen LogP contribution in [0, 0.1) is 0 Å². The predicted molar refractivity (Wildman–Crippen MR) is 70.2 cm³/mol. The van der Waals surface area contributed by atoms with E-state index in [-0.39, 0.29) is 0 Å². The first-order valence-electron chi connectivity index (χ1n) is 6.43. The SMILES string of the molecule is CC1CN(CCC2CSCCN2)CC(C)O1. The standard InChI is InChI=1S/C12H24N2OS/c1-10-7-14(8-11(2)15-10)5-3-12-9-16-6-4-13-12/h10-13H,3-9H2,1-2H3. The van der Waals surface area contributed by atoms with Crippen molar-refractivity contribution in [2.45, 2.75) is 38.5 Å². The molecule has 94 valence electrons. The van der Waals surface area contributed by atoms with Crippen LogP contribution in [0.2, 0.25) is 0 Å². The Kier molecular flexibility index (Phi) is 4.95. The molecule has 4 heteroatoms. The Bertz CT molecular complexity index is 199. The normalized spacial score (nSPS) is 37.5. The molecule has 0 saturated carbocycles. The average molecular weight is 244 g/mol. The minimum atomic E-state index is 0.400. The fraction of sp³-hybridized carbons (Fsp3) is 1.00. The molecule has 16 heavy (non-hydrogen) atoms. The van der Waals surface area contributed by atoms with Gasteiger partial charge in [0.25, 0.3) is 0 Å². The van der Waals surface area contributed by atoms with Gasteiger partial charge in [0.2, 0.25) is 0 Å². The van der Waals surface area contributed by atoms with Crippen molar-refractivity contribution >= 4 is 11.8 Å². The number of morpholine rings is 1. The number of nitrogens with zero attached hydrogens (tertiary/aromatic N) is 1. The highest BCUT2D eigenvalue weighted by molar-refractivity contribution is 7.99. The third-order valence-electron chi connectivity index (χ3n) is 3.29. The van der Waals surface area contributed by atoms with Gasteiger partial charge in [-0.05, 0) is 26.8 Å². The molecular weight excluding hydrogens is 220 g/mol.